The molecule has 2 aromatic carbocycles. The highest BCUT2D eigenvalue weighted by Crippen LogP contribution is 2.30. The first kappa shape index (κ1) is 25.4. The number of methoxy groups -OCH3 is 3. The van der Waals surface area contributed by atoms with Crippen molar-refractivity contribution in [3.8, 4) is 5.75 Å². The van der Waals surface area contributed by atoms with E-state index in [0.717, 1.165) is 22.6 Å². The zero-order valence-electron chi connectivity index (χ0n) is 20.6. The number of benzene rings is 2. The topological polar surface area (TPSA) is 79.7 Å². The molecule has 0 N–H and O–H groups in total. The number of aromatic nitrogens is 2. The van der Waals surface area contributed by atoms with Crippen LogP contribution in [0.4, 0.5) is 0 Å². The van der Waals surface area contributed by atoms with E-state index < -0.39 is 5.97 Å². The molecule has 0 saturated heterocycles. The van der Waals surface area contributed by atoms with Gasteiger partial charge in [0.1, 0.15) is 11.4 Å². The Morgan fingerprint density at radius 1 is 1.08 bits per heavy atom. The Balaban J connectivity index is 1.72. The van der Waals surface area contributed by atoms with Crippen LogP contribution in [0.2, 0.25) is 5.02 Å². The van der Waals surface area contributed by atoms with Crippen molar-refractivity contribution in [2.45, 2.75) is 25.5 Å². The van der Waals surface area contributed by atoms with Gasteiger partial charge in [-0.05, 0) is 60.9 Å². The average molecular weight is 507 g/mol. The second-order valence-electron chi connectivity index (χ2n) is 8.65. The van der Waals surface area contributed by atoms with Gasteiger partial charge in [-0.2, -0.15) is 5.10 Å². The summed E-state index contributed by atoms with van der Waals surface area (Å²) in [4.78, 5) is 25.5. The first-order valence-electron chi connectivity index (χ1n) is 11.3. The van der Waals surface area contributed by atoms with Gasteiger partial charge in [-0.15, -0.1) is 0 Å². The monoisotopic (exact) mass is 506 g/mol. The maximum absolute atomic E-state index is 13.4. The van der Waals surface area contributed by atoms with Crippen molar-refractivity contribution in [1.29, 1.82) is 0 Å². The van der Waals surface area contributed by atoms with Crippen LogP contribution in [0, 0.1) is 0 Å². The van der Waals surface area contributed by atoms with Crippen molar-refractivity contribution in [1.82, 2.24) is 9.78 Å². The van der Waals surface area contributed by atoms with E-state index in [1.807, 2.05) is 43.3 Å². The summed E-state index contributed by atoms with van der Waals surface area (Å²) in [5.74, 6) is -0.177. The minimum Gasteiger partial charge on any atom is -0.497 e. The second-order valence-corrected chi connectivity index (χ2v) is 9.06. The number of allylic oxidation sites excluding steroid dienone is 2. The first-order chi connectivity index (χ1) is 17.3. The van der Waals surface area contributed by atoms with Gasteiger partial charge in [0, 0.05) is 12.7 Å². The fraction of sp³-hybridized carbons (Fsp3) is 0.250. The summed E-state index contributed by atoms with van der Waals surface area (Å²) < 4.78 is 17.4. The van der Waals surface area contributed by atoms with Crippen molar-refractivity contribution in [3.63, 3.8) is 0 Å². The molecule has 0 aliphatic heterocycles. The van der Waals surface area contributed by atoms with Gasteiger partial charge in [0.05, 0.1) is 42.6 Å². The molecule has 1 unspecified atom stereocenters. The molecular weight excluding hydrogens is 480 g/mol. The Morgan fingerprint density at radius 3 is 2.44 bits per heavy atom. The Labute approximate surface area is 214 Å². The van der Waals surface area contributed by atoms with Crippen LogP contribution in [0.5, 0.6) is 5.75 Å². The zero-order valence-corrected chi connectivity index (χ0v) is 21.3. The number of carbonyl (C=O) groups is 2. The van der Waals surface area contributed by atoms with E-state index in [4.69, 9.17) is 25.8 Å². The quantitative estimate of drug-likeness (QED) is 0.302. The predicted octanol–water partition coefficient (Wildman–Crippen LogP) is 5.36. The van der Waals surface area contributed by atoms with Crippen molar-refractivity contribution in [2.24, 2.45) is 0 Å². The molecule has 1 aliphatic carbocycles. The van der Waals surface area contributed by atoms with Gasteiger partial charge in [0.25, 0.3) is 0 Å². The van der Waals surface area contributed by atoms with Gasteiger partial charge in [-0.1, -0.05) is 42.0 Å². The number of ketones is 1. The maximum Gasteiger partial charge on any atom is 0.339 e. The molecule has 8 heteroatoms. The average Bonchev–Trinajstić information content (AvgIpc) is 3.32. The number of hydrogen-bond acceptors (Lipinski definition) is 6. The summed E-state index contributed by atoms with van der Waals surface area (Å²) in [5, 5.41) is 4.86. The van der Waals surface area contributed by atoms with Crippen LogP contribution in [0.15, 0.2) is 66.8 Å². The molecule has 36 heavy (non-hydrogen) atoms. The number of halogens is 1. The molecule has 0 radical (unpaired) electrons. The van der Waals surface area contributed by atoms with E-state index >= 15 is 0 Å². The molecule has 7 nitrogen and oxygen atoms in total. The minimum atomic E-state index is -0.612. The lowest BCUT2D eigenvalue weighted by molar-refractivity contribution is 0.0508. The summed E-state index contributed by atoms with van der Waals surface area (Å²) in [6.45, 7) is 2.47. The van der Waals surface area contributed by atoms with Crippen molar-refractivity contribution in [2.75, 3.05) is 21.3 Å². The van der Waals surface area contributed by atoms with Crippen LogP contribution < -0.4 is 4.74 Å². The molecule has 0 fully saturated rings. The second kappa shape index (κ2) is 10.5. The van der Waals surface area contributed by atoms with Gasteiger partial charge in [0.15, 0.2) is 0 Å². The van der Waals surface area contributed by atoms with Gasteiger partial charge in [-0.3, -0.25) is 9.48 Å². The smallest absolute Gasteiger partial charge is 0.339 e. The number of carbonyl (C=O) groups excluding carboxylic acids is 2. The summed E-state index contributed by atoms with van der Waals surface area (Å²) in [6.07, 6.45) is 6.76. The highest BCUT2D eigenvalue weighted by molar-refractivity contribution is 6.33. The number of hydrogen-bond donors (Lipinski definition) is 0. The highest BCUT2D eigenvalue weighted by atomic mass is 35.5. The van der Waals surface area contributed by atoms with Gasteiger partial charge in [0.2, 0.25) is 5.78 Å². The van der Waals surface area contributed by atoms with Crippen LogP contribution in [-0.4, -0.2) is 48.5 Å². The third-order valence-electron chi connectivity index (χ3n) is 6.24. The molecule has 1 atom stereocenters. The van der Waals surface area contributed by atoms with Gasteiger partial charge in [-0.25, -0.2) is 4.79 Å². The summed E-state index contributed by atoms with van der Waals surface area (Å²) in [5.41, 5.74) is 3.03. The molecule has 186 valence electrons. The van der Waals surface area contributed by atoms with E-state index in [1.54, 1.807) is 31.0 Å². The van der Waals surface area contributed by atoms with Crippen LogP contribution >= 0.6 is 11.6 Å². The Hall–Kier alpha value is -3.68. The Bertz CT molecular complexity index is 1360. The van der Waals surface area contributed by atoms with Crippen LogP contribution in [0.1, 0.15) is 51.0 Å². The number of ether oxygens (including phenoxy) is 3. The van der Waals surface area contributed by atoms with Gasteiger partial charge >= 0.3 is 5.97 Å². The lowest BCUT2D eigenvalue weighted by atomic mass is 9.92. The molecule has 1 aromatic heterocycles. The molecule has 0 bridgehead atoms. The number of esters is 1. The predicted molar refractivity (Wildman–Crippen MR) is 138 cm³/mol. The van der Waals surface area contributed by atoms with Gasteiger partial charge < -0.3 is 14.2 Å². The van der Waals surface area contributed by atoms with Crippen molar-refractivity contribution in [3.05, 3.63) is 99.9 Å². The zero-order chi connectivity index (χ0) is 25.9. The fourth-order valence-corrected chi connectivity index (χ4v) is 4.12. The maximum atomic E-state index is 13.4. The van der Waals surface area contributed by atoms with Crippen LogP contribution in [0.25, 0.3) is 5.57 Å². The van der Waals surface area contributed by atoms with E-state index in [9.17, 15) is 9.59 Å². The molecular formula is C28H27ClN2O5. The van der Waals surface area contributed by atoms with E-state index in [2.05, 4.69) is 11.2 Å². The normalized spacial score (nSPS) is 17.0. The van der Waals surface area contributed by atoms with E-state index in [1.165, 1.54) is 19.2 Å². The summed E-state index contributed by atoms with van der Waals surface area (Å²) in [7, 11) is 4.57. The Morgan fingerprint density at radius 2 is 1.83 bits per heavy atom. The minimum absolute atomic E-state index is 0.125. The SMILES string of the molecule is COC(=O)c1cc(C(=O)c2cc(C3=CCC(C)(OC)C=C3)n(Cc3ccc(OC)cc3)n2)ccc1Cl. The molecule has 0 spiro atoms. The highest BCUT2D eigenvalue weighted by Gasteiger charge is 2.25. The lowest BCUT2D eigenvalue weighted by Gasteiger charge is -2.26. The van der Waals surface area contributed by atoms with Crippen molar-refractivity contribution >= 4 is 28.9 Å². The van der Waals surface area contributed by atoms with E-state index in [0.29, 0.717) is 18.5 Å². The van der Waals surface area contributed by atoms with Crippen LogP contribution in [-0.2, 0) is 16.0 Å². The molecule has 1 aliphatic rings. The molecule has 3 aromatic rings. The van der Waals surface area contributed by atoms with E-state index in [-0.39, 0.29) is 27.7 Å². The van der Waals surface area contributed by atoms with Crippen molar-refractivity contribution < 1.29 is 23.8 Å². The van der Waals surface area contributed by atoms with Crippen LogP contribution in [0.3, 0.4) is 0 Å². The first-order valence-corrected chi connectivity index (χ1v) is 11.7. The number of nitrogens with zero attached hydrogens (tertiary/aromatic N) is 2. The molecule has 0 saturated carbocycles. The molecule has 4 rings (SSSR count). The molecule has 1 heterocycles. The largest absolute Gasteiger partial charge is 0.497 e. The fourth-order valence-electron chi connectivity index (χ4n) is 3.92. The standard InChI is InChI=1S/C28H27ClN2O5/c1-28(36-4)13-11-19(12-14-28)25-16-24(30-31(25)17-18-5-8-21(34-2)9-6-18)26(32)20-7-10-23(29)22(15-20)27(33)35-3/h5-13,15-16H,14,17H2,1-4H3. The number of rotatable bonds is 8. The Kier molecular flexibility index (Phi) is 7.43. The third-order valence-corrected chi connectivity index (χ3v) is 6.57. The summed E-state index contributed by atoms with van der Waals surface area (Å²) >= 11 is 6.13. The third kappa shape index (κ3) is 5.27. The lowest BCUT2D eigenvalue weighted by Crippen LogP contribution is -2.25. The molecule has 0 amide bonds. The summed E-state index contributed by atoms with van der Waals surface area (Å²) in [6, 6.07) is 14.0.